The SMILES string of the molecule is CCCNC(C1CCOC2(CCC2)C1)C(OC)C(C)(C)C. The quantitative estimate of drug-likeness (QED) is 0.809. The molecular formula is C18H35NO2. The van der Waals surface area contributed by atoms with Crippen molar-refractivity contribution >= 4 is 0 Å². The fourth-order valence-corrected chi connectivity index (χ4v) is 4.16. The molecule has 2 fully saturated rings. The molecule has 1 aliphatic heterocycles. The van der Waals surface area contributed by atoms with Crippen molar-refractivity contribution in [2.45, 2.75) is 84.0 Å². The van der Waals surface area contributed by atoms with Crippen molar-refractivity contribution in [1.29, 1.82) is 0 Å². The van der Waals surface area contributed by atoms with Gasteiger partial charge in [0.1, 0.15) is 0 Å². The van der Waals surface area contributed by atoms with Crippen LogP contribution < -0.4 is 5.32 Å². The smallest absolute Gasteiger partial charge is 0.0775 e. The molecule has 2 aliphatic rings. The summed E-state index contributed by atoms with van der Waals surface area (Å²) in [6.45, 7) is 11.1. The van der Waals surface area contributed by atoms with Gasteiger partial charge < -0.3 is 14.8 Å². The molecule has 0 radical (unpaired) electrons. The summed E-state index contributed by atoms with van der Waals surface area (Å²) in [5.41, 5.74) is 0.372. The second-order valence-corrected chi connectivity index (χ2v) is 8.14. The maximum Gasteiger partial charge on any atom is 0.0775 e. The third kappa shape index (κ3) is 4.00. The summed E-state index contributed by atoms with van der Waals surface area (Å²) >= 11 is 0. The van der Waals surface area contributed by atoms with Gasteiger partial charge in [0.2, 0.25) is 0 Å². The molecule has 1 heterocycles. The first-order valence-electron chi connectivity index (χ1n) is 8.82. The molecule has 1 saturated carbocycles. The highest BCUT2D eigenvalue weighted by Gasteiger charge is 2.46. The average molecular weight is 297 g/mol. The molecule has 3 heteroatoms. The summed E-state index contributed by atoms with van der Waals surface area (Å²) in [6.07, 6.45) is 7.67. The van der Waals surface area contributed by atoms with E-state index in [1.807, 2.05) is 7.11 Å². The van der Waals surface area contributed by atoms with Gasteiger partial charge in [-0.2, -0.15) is 0 Å². The molecule has 1 spiro atoms. The van der Waals surface area contributed by atoms with Crippen LogP contribution in [-0.2, 0) is 9.47 Å². The first-order chi connectivity index (χ1) is 9.92. The Morgan fingerprint density at radius 2 is 2.05 bits per heavy atom. The van der Waals surface area contributed by atoms with Gasteiger partial charge in [0.05, 0.1) is 11.7 Å². The highest BCUT2D eigenvalue weighted by molar-refractivity contribution is 4.99. The predicted octanol–water partition coefficient (Wildman–Crippen LogP) is 3.77. The van der Waals surface area contributed by atoms with E-state index < -0.39 is 0 Å². The summed E-state index contributed by atoms with van der Waals surface area (Å²) in [4.78, 5) is 0. The van der Waals surface area contributed by atoms with Crippen molar-refractivity contribution in [1.82, 2.24) is 5.32 Å². The van der Waals surface area contributed by atoms with Gasteiger partial charge in [0.15, 0.2) is 0 Å². The van der Waals surface area contributed by atoms with Crippen molar-refractivity contribution in [3.05, 3.63) is 0 Å². The van der Waals surface area contributed by atoms with E-state index in [9.17, 15) is 0 Å². The normalized spacial score (nSPS) is 28.1. The maximum absolute atomic E-state index is 6.12. The van der Waals surface area contributed by atoms with Crippen LogP contribution in [0.5, 0.6) is 0 Å². The standard InChI is InChI=1S/C18H35NO2/c1-6-11-19-15(16(20-5)17(2,3)4)14-8-12-21-18(13-14)9-7-10-18/h14-16,19H,6-13H2,1-5H3. The molecule has 124 valence electrons. The minimum Gasteiger partial charge on any atom is -0.379 e. The molecule has 3 unspecified atom stereocenters. The van der Waals surface area contributed by atoms with E-state index in [0.29, 0.717) is 12.0 Å². The second-order valence-electron chi connectivity index (χ2n) is 8.14. The van der Waals surface area contributed by atoms with Gasteiger partial charge in [0.25, 0.3) is 0 Å². The zero-order valence-electron chi connectivity index (χ0n) is 14.7. The summed E-state index contributed by atoms with van der Waals surface area (Å²) in [7, 11) is 1.87. The molecular weight excluding hydrogens is 262 g/mol. The Hall–Kier alpha value is -0.120. The lowest BCUT2D eigenvalue weighted by Gasteiger charge is -2.51. The molecule has 21 heavy (non-hydrogen) atoms. The number of ether oxygens (including phenoxy) is 2. The number of hydrogen-bond donors (Lipinski definition) is 1. The summed E-state index contributed by atoms with van der Waals surface area (Å²) in [5, 5.41) is 3.80. The van der Waals surface area contributed by atoms with Crippen LogP contribution >= 0.6 is 0 Å². The minimum absolute atomic E-state index is 0.158. The molecule has 0 amide bonds. The van der Waals surface area contributed by atoms with Crippen LogP contribution in [0.4, 0.5) is 0 Å². The topological polar surface area (TPSA) is 30.5 Å². The zero-order chi connectivity index (χ0) is 15.5. The summed E-state index contributed by atoms with van der Waals surface area (Å²) < 4.78 is 12.1. The van der Waals surface area contributed by atoms with Crippen LogP contribution in [-0.4, -0.2) is 38.0 Å². The Kier molecular flexibility index (Phi) is 5.72. The van der Waals surface area contributed by atoms with E-state index in [-0.39, 0.29) is 17.1 Å². The van der Waals surface area contributed by atoms with Gasteiger partial charge in [-0.3, -0.25) is 0 Å². The molecule has 0 bridgehead atoms. The molecule has 0 aromatic rings. The fraction of sp³-hybridized carbons (Fsp3) is 1.00. The Balaban J connectivity index is 2.10. The van der Waals surface area contributed by atoms with Crippen LogP contribution in [0.15, 0.2) is 0 Å². The number of hydrogen-bond acceptors (Lipinski definition) is 3. The maximum atomic E-state index is 6.12. The van der Waals surface area contributed by atoms with Gasteiger partial charge in [-0.15, -0.1) is 0 Å². The molecule has 0 aromatic carbocycles. The lowest BCUT2D eigenvalue weighted by atomic mass is 9.68. The van der Waals surface area contributed by atoms with E-state index in [0.717, 1.165) is 13.2 Å². The molecule has 1 aliphatic carbocycles. The summed E-state index contributed by atoms with van der Waals surface area (Å²) in [6, 6.07) is 0.441. The fourth-order valence-electron chi connectivity index (χ4n) is 4.16. The van der Waals surface area contributed by atoms with Crippen LogP contribution in [0.3, 0.4) is 0 Å². The second kappa shape index (κ2) is 6.97. The minimum atomic E-state index is 0.158. The largest absolute Gasteiger partial charge is 0.379 e. The first kappa shape index (κ1) is 17.2. The highest BCUT2D eigenvalue weighted by atomic mass is 16.5. The van der Waals surface area contributed by atoms with Gasteiger partial charge in [-0.05, 0) is 56.4 Å². The van der Waals surface area contributed by atoms with Crippen molar-refractivity contribution < 1.29 is 9.47 Å². The summed E-state index contributed by atoms with van der Waals surface area (Å²) in [5.74, 6) is 0.676. The number of nitrogens with one attached hydrogen (secondary N) is 1. The van der Waals surface area contributed by atoms with Crippen molar-refractivity contribution in [3.8, 4) is 0 Å². The van der Waals surface area contributed by atoms with E-state index in [4.69, 9.17) is 9.47 Å². The molecule has 3 atom stereocenters. The predicted molar refractivity (Wildman–Crippen MR) is 87.6 cm³/mol. The van der Waals surface area contributed by atoms with E-state index in [2.05, 4.69) is 33.0 Å². The van der Waals surface area contributed by atoms with Gasteiger partial charge in [0, 0.05) is 19.8 Å². The highest BCUT2D eigenvalue weighted by Crippen LogP contribution is 2.46. The van der Waals surface area contributed by atoms with Crippen molar-refractivity contribution in [2.75, 3.05) is 20.3 Å². The van der Waals surface area contributed by atoms with Gasteiger partial charge in [-0.1, -0.05) is 27.7 Å². The number of methoxy groups -OCH3 is 1. The van der Waals surface area contributed by atoms with Crippen LogP contribution in [0.25, 0.3) is 0 Å². The zero-order valence-corrected chi connectivity index (χ0v) is 14.7. The van der Waals surface area contributed by atoms with E-state index in [1.54, 1.807) is 0 Å². The molecule has 1 N–H and O–H groups in total. The van der Waals surface area contributed by atoms with Crippen molar-refractivity contribution in [3.63, 3.8) is 0 Å². The van der Waals surface area contributed by atoms with Crippen LogP contribution in [0, 0.1) is 11.3 Å². The lowest BCUT2D eigenvalue weighted by molar-refractivity contribution is -0.156. The van der Waals surface area contributed by atoms with Gasteiger partial charge in [-0.25, -0.2) is 0 Å². The lowest BCUT2D eigenvalue weighted by Crippen LogP contribution is -2.56. The first-order valence-corrected chi connectivity index (χ1v) is 8.82. The monoisotopic (exact) mass is 297 g/mol. The third-order valence-electron chi connectivity index (χ3n) is 5.37. The van der Waals surface area contributed by atoms with E-state index >= 15 is 0 Å². The molecule has 2 rings (SSSR count). The Morgan fingerprint density at radius 1 is 1.33 bits per heavy atom. The molecule has 3 nitrogen and oxygen atoms in total. The number of rotatable bonds is 6. The Bertz CT molecular complexity index is 320. The molecule has 1 saturated heterocycles. The van der Waals surface area contributed by atoms with Crippen LogP contribution in [0.1, 0.15) is 66.2 Å². The van der Waals surface area contributed by atoms with Crippen LogP contribution in [0.2, 0.25) is 0 Å². The van der Waals surface area contributed by atoms with Crippen molar-refractivity contribution in [2.24, 2.45) is 11.3 Å². The Labute approximate surface area is 131 Å². The average Bonchev–Trinajstić information content (AvgIpc) is 2.40. The van der Waals surface area contributed by atoms with E-state index in [1.165, 1.54) is 38.5 Å². The third-order valence-corrected chi connectivity index (χ3v) is 5.37. The molecule has 0 aromatic heterocycles. The Morgan fingerprint density at radius 3 is 2.52 bits per heavy atom. The van der Waals surface area contributed by atoms with Gasteiger partial charge >= 0.3 is 0 Å².